The van der Waals surface area contributed by atoms with Crippen molar-refractivity contribution in [1.29, 1.82) is 0 Å². The van der Waals surface area contributed by atoms with E-state index >= 15 is 0 Å². The quantitative estimate of drug-likeness (QED) is 0.304. The number of hydrogen-bond donors (Lipinski definition) is 2. The lowest BCUT2D eigenvalue weighted by molar-refractivity contribution is -0.138. The highest BCUT2D eigenvalue weighted by molar-refractivity contribution is 6.00. The number of para-hydroxylation sites is 2. The number of amides is 5. The number of piperazine rings is 2. The van der Waals surface area contributed by atoms with Gasteiger partial charge >= 0.3 is 12.1 Å². The maximum atomic E-state index is 13.5. The van der Waals surface area contributed by atoms with E-state index in [1.165, 1.54) is 20.8 Å². The van der Waals surface area contributed by atoms with Crippen LogP contribution < -0.4 is 15.0 Å². The molecule has 49 heavy (non-hydrogen) atoms. The second-order valence-corrected chi connectivity index (χ2v) is 11.5. The number of carbonyl (C=O) groups is 6. The van der Waals surface area contributed by atoms with Crippen molar-refractivity contribution >= 4 is 52.3 Å². The maximum Gasteiger partial charge on any atom is 0.409 e. The Hall–Kier alpha value is -5.73. The fourth-order valence-corrected chi connectivity index (χ4v) is 5.68. The molecule has 0 bridgehead atoms. The van der Waals surface area contributed by atoms with Gasteiger partial charge in [-0.25, -0.2) is 9.78 Å². The first kappa shape index (κ1) is 34.6. The number of carboxylic acid groups (broad SMARTS) is 1. The van der Waals surface area contributed by atoms with Crippen LogP contribution in [0.3, 0.4) is 0 Å². The molecule has 1 atom stereocenters. The van der Waals surface area contributed by atoms with E-state index < -0.39 is 42.4 Å². The number of anilines is 1. The number of fused-ring (bicyclic) bond motifs is 1. The van der Waals surface area contributed by atoms with Crippen molar-refractivity contribution in [2.75, 3.05) is 63.9 Å². The number of aromatic nitrogens is 1. The van der Waals surface area contributed by atoms with Crippen LogP contribution >= 0.6 is 0 Å². The van der Waals surface area contributed by atoms with Crippen LogP contribution in [0.4, 0.5) is 10.5 Å². The first-order chi connectivity index (χ1) is 23.6. The summed E-state index contributed by atoms with van der Waals surface area (Å²) < 4.78 is 10.9. The fraction of sp³-hybridized carbons (Fsp3) is 0.382. The zero-order chi connectivity index (χ0) is 34.9. The summed E-state index contributed by atoms with van der Waals surface area (Å²) in [5.41, 5.74) is 1.05. The van der Waals surface area contributed by atoms with Crippen LogP contribution in [0.15, 0.2) is 60.7 Å². The molecule has 2 saturated heterocycles. The van der Waals surface area contributed by atoms with Crippen LogP contribution in [-0.2, 0) is 23.9 Å². The monoisotopic (exact) mass is 674 g/mol. The van der Waals surface area contributed by atoms with Crippen molar-refractivity contribution < 1.29 is 43.3 Å². The number of carbonyl (C=O) groups excluding carboxylic acids is 5. The lowest BCUT2D eigenvalue weighted by Crippen LogP contribution is -2.56. The van der Waals surface area contributed by atoms with Crippen LogP contribution in [0.2, 0.25) is 0 Å². The van der Waals surface area contributed by atoms with Crippen molar-refractivity contribution in [3.8, 4) is 5.75 Å². The number of pyridine rings is 1. The smallest absolute Gasteiger partial charge is 0.409 e. The van der Waals surface area contributed by atoms with Crippen LogP contribution in [0.25, 0.3) is 10.9 Å². The zero-order valence-electron chi connectivity index (χ0n) is 27.1. The molecule has 2 aliphatic heterocycles. The van der Waals surface area contributed by atoms with Gasteiger partial charge in [0.05, 0.1) is 12.1 Å². The van der Waals surface area contributed by atoms with E-state index in [-0.39, 0.29) is 69.5 Å². The zero-order valence-corrected chi connectivity index (χ0v) is 27.1. The Morgan fingerprint density at radius 3 is 2.27 bits per heavy atom. The summed E-state index contributed by atoms with van der Waals surface area (Å²) in [5, 5.41) is 12.5. The highest BCUT2D eigenvalue weighted by atomic mass is 16.6. The Labute approximate surface area is 282 Å². The molecule has 3 heterocycles. The first-order valence-electron chi connectivity index (χ1n) is 16.0. The summed E-state index contributed by atoms with van der Waals surface area (Å²) in [7, 11) is 0. The van der Waals surface area contributed by atoms with Crippen molar-refractivity contribution in [3.05, 3.63) is 66.4 Å². The second kappa shape index (κ2) is 15.9. The molecule has 0 radical (unpaired) electrons. The molecule has 1 aromatic heterocycles. The summed E-state index contributed by atoms with van der Waals surface area (Å²) in [5.74, 6) is -2.78. The molecular weight excluding hydrogens is 636 g/mol. The van der Waals surface area contributed by atoms with E-state index in [9.17, 15) is 33.9 Å². The molecule has 2 fully saturated rings. The molecule has 3 aromatic rings. The molecule has 2 aliphatic rings. The molecule has 258 valence electrons. The second-order valence-electron chi connectivity index (χ2n) is 11.5. The first-order valence-corrected chi connectivity index (χ1v) is 16.0. The third kappa shape index (κ3) is 8.60. The number of rotatable bonds is 11. The average molecular weight is 675 g/mol. The summed E-state index contributed by atoms with van der Waals surface area (Å²) in [6, 6.07) is 16.3. The van der Waals surface area contributed by atoms with E-state index in [4.69, 9.17) is 9.47 Å². The number of nitrogens with zero attached hydrogens (tertiary/aromatic N) is 5. The minimum atomic E-state index is -1.18. The fourth-order valence-electron chi connectivity index (χ4n) is 5.68. The largest absolute Gasteiger partial charge is 0.483 e. The van der Waals surface area contributed by atoms with E-state index in [0.29, 0.717) is 24.0 Å². The molecule has 2 aromatic carbocycles. The minimum absolute atomic E-state index is 0.104. The van der Waals surface area contributed by atoms with Gasteiger partial charge in [-0.2, -0.15) is 0 Å². The molecule has 15 heteroatoms. The third-order valence-corrected chi connectivity index (χ3v) is 8.27. The highest BCUT2D eigenvalue weighted by Gasteiger charge is 2.32. The van der Waals surface area contributed by atoms with Gasteiger partial charge in [0, 0.05) is 62.8 Å². The number of hydrogen-bond acceptors (Lipinski definition) is 9. The van der Waals surface area contributed by atoms with Gasteiger partial charge < -0.3 is 39.5 Å². The Morgan fingerprint density at radius 1 is 0.898 bits per heavy atom. The predicted molar refractivity (Wildman–Crippen MR) is 176 cm³/mol. The van der Waals surface area contributed by atoms with Crippen molar-refractivity contribution in [2.24, 2.45) is 0 Å². The topological polar surface area (TPSA) is 179 Å². The number of nitrogens with one attached hydrogen (secondary N) is 1. The molecule has 0 saturated carbocycles. The molecule has 2 N–H and O–H groups in total. The Bertz CT molecular complexity index is 1710. The van der Waals surface area contributed by atoms with Gasteiger partial charge in [-0.05, 0) is 37.6 Å². The minimum Gasteiger partial charge on any atom is -0.483 e. The van der Waals surface area contributed by atoms with Gasteiger partial charge in [0.1, 0.15) is 24.0 Å². The van der Waals surface area contributed by atoms with Crippen LogP contribution in [0.1, 0.15) is 30.3 Å². The molecule has 5 rings (SSSR count). The third-order valence-electron chi connectivity index (χ3n) is 8.27. The number of aliphatic carboxylic acids is 1. The predicted octanol–water partition coefficient (Wildman–Crippen LogP) is 1.75. The van der Waals surface area contributed by atoms with Gasteiger partial charge in [-0.1, -0.05) is 30.3 Å². The average Bonchev–Trinajstić information content (AvgIpc) is 3.12. The van der Waals surface area contributed by atoms with E-state index in [1.54, 1.807) is 36.1 Å². The molecule has 15 nitrogen and oxygen atoms in total. The summed E-state index contributed by atoms with van der Waals surface area (Å²) in [6.07, 6.45) is -1.02. The standard InChI is InChI=1S/C34H38N6O9/c1-2-48-34(47)38-16-14-37(15-17-38)33(46)26(12-13-31(43)44)36-32(45)27-20-28(24-10-6-7-11-25(24)35-27)49-22-30(42)39-18-19-40(29(41)21-39)23-8-4-3-5-9-23/h3-11,20,26H,2,12-19,21-22H2,1H3,(H,36,45)(H,43,44). The highest BCUT2D eigenvalue weighted by Crippen LogP contribution is 2.26. The van der Waals surface area contributed by atoms with Crippen LogP contribution in [0.5, 0.6) is 5.75 Å². The molecular formula is C34H38N6O9. The summed E-state index contributed by atoms with van der Waals surface area (Å²) >= 11 is 0. The van der Waals surface area contributed by atoms with Gasteiger partial charge in [-0.15, -0.1) is 0 Å². The van der Waals surface area contributed by atoms with Gasteiger partial charge in [0.2, 0.25) is 11.8 Å². The number of carboxylic acids is 1. The number of benzene rings is 2. The lowest BCUT2D eigenvalue weighted by Gasteiger charge is -2.35. The molecule has 0 aliphatic carbocycles. The van der Waals surface area contributed by atoms with Crippen molar-refractivity contribution in [1.82, 2.24) is 25.0 Å². The Balaban J connectivity index is 1.26. The SMILES string of the molecule is CCOC(=O)N1CCN(C(=O)C(CCC(=O)O)NC(=O)c2cc(OCC(=O)N3CCN(c4ccccc4)C(=O)C3)c3ccccc3n2)CC1. The van der Waals surface area contributed by atoms with Crippen molar-refractivity contribution in [3.63, 3.8) is 0 Å². The van der Waals surface area contributed by atoms with Gasteiger partial charge in [0.15, 0.2) is 6.61 Å². The maximum absolute atomic E-state index is 13.5. The number of ether oxygens (including phenoxy) is 2. The van der Waals surface area contributed by atoms with Gasteiger partial charge in [0.25, 0.3) is 11.8 Å². The van der Waals surface area contributed by atoms with Crippen molar-refractivity contribution in [2.45, 2.75) is 25.8 Å². The van der Waals surface area contributed by atoms with E-state index in [1.807, 2.05) is 30.3 Å². The van der Waals surface area contributed by atoms with Crippen LogP contribution in [0, 0.1) is 0 Å². The molecule has 1 unspecified atom stereocenters. The lowest BCUT2D eigenvalue weighted by atomic mass is 10.1. The Kier molecular flexibility index (Phi) is 11.2. The molecule has 0 spiro atoms. The van der Waals surface area contributed by atoms with E-state index in [0.717, 1.165) is 5.69 Å². The summed E-state index contributed by atoms with van der Waals surface area (Å²) in [4.78, 5) is 86.8. The van der Waals surface area contributed by atoms with E-state index in [2.05, 4.69) is 10.3 Å². The Morgan fingerprint density at radius 2 is 1.57 bits per heavy atom. The summed E-state index contributed by atoms with van der Waals surface area (Å²) in [6.45, 7) is 2.90. The molecule has 5 amide bonds. The van der Waals surface area contributed by atoms with Gasteiger partial charge in [-0.3, -0.25) is 24.0 Å². The van der Waals surface area contributed by atoms with Crippen LogP contribution in [-0.4, -0.2) is 126 Å². The normalized spacial score (nSPS) is 15.5.